The van der Waals surface area contributed by atoms with Crippen LogP contribution in [0.4, 0.5) is 0 Å². The number of carbonyl (C=O) groups excluding carboxylic acids is 2. The van der Waals surface area contributed by atoms with E-state index >= 15 is 0 Å². The van der Waals surface area contributed by atoms with Crippen LogP contribution in [0.25, 0.3) is 0 Å². The third-order valence-corrected chi connectivity index (χ3v) is 4.63. The average molecular weight is 353 g/mol. The Morgan fingerprint density at radius 1 is 1.33 bits per heavy atom. The quantitative estimate of drug-likeness (QED) is 0.800. The zero-order valence-electron chi connectivity index (χ0n) is 14.5. The number of hydrogen-bond donors (Lipinski definition) is 1. The van der Waals surface area contributed by atoms with Gasteiger partial charge < -0.3 is 15.0 Å². The van der Waals surface area contributed by atoms with E-state index in [2.05, 4.69) is 24.1 Å². The van der Waals surface area contributed by atoms with Gasteiger partial charge in [-0.1, -0.05) is 11.6 Å². The van der Waals surface area contributed by atoms with Crippen LogP contribution in [0.15, 0.2) is 18.2 Å². The largest absolute Gasteiger partial charge is 0.484 e. The number of carbonyl (C=O) groups is 2. The summed E-state index contributed by atoms with van der Waals surface area (Å²) in [5.74, 6) is 0.247. The molecule has 1 saturated heterocycles. The molecule has 1 amide bonds. The lowest BCUT2D eigenvalue weighted by molar-refractivity contribution is -0.124. The number of benzene rings is 1. The van der Waals surface area contributed by atoms with Gasteiger partial charge in [0.05, 0.1) is 5.02 Å². The van der Waals surface area contributed by atoms with Gasteiger partial charge in [-0.05, 0) is 51.8 Å². The molecule has 1 aromatic rings. The Balaban J connectivity index is 1.78. The Hall–Kier alpha value is -1.59. The van der Waals surface area contributed by atoms with Gasteiger partial charge in [0.1, 0.15) is 5.75 Å². The second-order valence-electron chi connectivity index (χ2n) is 6.46. The Bertz CT molecular complexity index is 596. The van der Waals surface area contributed by atoms with Crippen molar-refractivity contribution in [2.75, 3.05) is 19.7 Å². The maximum atomic E-state index is 12.0. The predicted octanol–water partition coefficient (Wildman–Crippen LogP) is 2.91. The zero-order chi connectivity index (χ0) is 17.7. The van der Waals surface area contributed by atoms with Crippen molar-refractivity contribution in [3.63, 3.8) is 0 Å². The van der Waals surface area contributed by atoms with Crippen LogP contribution in [0.5, 0.6) is 5.75 Å². The molecule has 1 fully saturated rings. The van der Waals surface area contributed by atoms with E-state index in [1.54, 1.807) is 18.2 Å². The van der Waals surface area contributed by atoms with Crippen LogP contribution in [0.3, 0.4) is 0 Å². The van der Waals surface area contributed by atoms with Gasteiger partial charge in [-0.15, -0.1) is 0 Å². The van der Waals surface area contributed by atoms with Gasteiger partial charge in [0, 0.05) is 30.7 Å². The van der Waals surface area contributed by atoms with Crippen molar-refractivity contribution in [2.24, 2.45) is 0 Å². The number of piperidine rings is 1. The summed E-state index contributed by atoms with van der Waals surface area (Å²) in [6.07, 6.45) is 1.92. The minimum Gasteiger partial charge on any atom is -0.484 e. The van der Waals surface area contributed by atoms with Crippen molar-refractivity contribution >= 4 is 23.3 Å². The number of Topliss-reactive ketones (excluding diaryl/α,β-unsaturated/α-hetero) is 1. The second kappa shape index (κ2) is 8.49. The summed E-state index contributed by atoms with van der Waals surface area (Å²) in [4.78, 5) is 25.8. The number of nitrogens with zero attached hydrogens (tertiary/aromatic N) is 1. The molecule has 1 aromatic carbocycles. The number of likely N-dealkylation sites (tertiary alicyclic amines) is 1. The summed E-state index contributed by atoms with van der Waals surface area (Å²) in [7, 11) is 0. The monoisotopic (exact) mass is 352 g/mol. The Morgan fingerprint density at radius 3 is 2.54 bits per heavy atom. The minimum atomic E-state index is -0.134. The molecule has 1 aliphatic rings. The normalized spacial score (nSPS) is 16.2. The first-order chi connectivity index (χ1) is 11.4. The van der Waals surface area contributed by atoms with Gasteiger partial charge in [-0.2, -0.15) is 0 Å². The van der Waals surface area contributed by atoms with Crippen molar-refractivity contribution in [1.29, 1.82) is 0 Å². The smallest absolute Gasteiger partial charge is 0.258 e. The Kier molecular flexibility index (Phi) is 6.63. The Labute approximate surface area is 148 Å². The number of amides is 1. The van der Waals surface area contributed by atoms with Crippen LogP contribution < -0.4 is 10.1 Å². The second-order valence-corrected chi connectivity index (χ2v) is 6.87. The average Bonchev–Trinajstić information content (AvgIpc) is 2.53. The molecule has 0 atom stereocenters. The summed E-state index contributed by atoms with van der Waals surface area (Å²) in [6.45, 7) is 7.79. The highest BCUT2D eigenvalue weighted by Crippen LogP contribution is 2.23. The van der Waals surface area contributed by atoms with Gasteiger partial charge in [0.2, 0.25) is 0 Å². The van der Waals surface area contributed by atoms with E-state index in [1.807, 2.05) is 0 Å². The molecule has 2 rings (SSSR count). The van der Waals surface area contributed by atoms with Crippen molar-refractivity contribution in [3.8, 4) is 5.75 Å². The fourth-order valence-electron chi connectivity index (χ4n) is 2.85. The molecule has 0 bridgehead atoms. The van der Waals surface area contributed by atoms with E-state index in [4.69, 9.17) is 16.3 Å². The molecule has 0 aliphatic carbocycles. The molecule has 5 nitrogen and oxygen atoms in total. The van der Waals surface area contributed by atoms with Crippen LogP contribution in [-0.4, -0.2) is 48.4 Å². The molecular weight excluding hydrogens is 328 g/mol. The summed E-state index contributed by atoms with van der Waals surface area (Å²) in [5.41, 5.74) is 0.449. The Morgan fingerprint density at radius 2 is 2.00 bits per heavy atom. The first-order valence-corrected chi connectivity index (χ1v) is 8.71. The molecule has 0 unspecified atom stereocenters. The zero-order valence-corrected chi connectivity index (χ0v) is 15.2. The van der Waals surface area contributed by atoms with Crippen molar-refractivity contribution in [2.45, 2.75) is 45.7 Å². The number of halogens is 1. The predicted molar refractivity (Wildman–Crippen MR) is 94.8 cm³/mol. The van der Waals surface area contributed by atoms with Gasteiger partial charge >= 0.3 is 0 Å². The van der Waals surface area contributed by atoms with E-state index in [9.17, 15) is 9.59 Å². The van der Waals surface area contributed by atoms with Crippen molar-refractivity contribution in [3.05, 3.63) is 28.8 Å². The molecular formula is C18H25ClN2O3. The van der Waals surface area contributed by atoms with Crippen molar-refractivity contribution in [1.82, 2.24) is 10.2 Å². The first-order valence-electron chi connectivity index (χ1n) is 8.33. The fraction of sp³-hybridized carbons (Fsp3) is 0.556. The van der Waals surface area contributed by atoms with Crippen LogP contribution in [0, 0.1) is 0 Å². The van der Waals surface area contributed by atoms with Crippen molar-refractivity contribution < 1.29 is 14.3 Å². The van der Waals surface area contributed by atoms with Crippen LogP contribution in [-0.2, 0) is 4.79 Å². The fourth-order valence-corrected chi connectivity index (χ4v) is 3.15. The van der Waals surface area contributed by atoms with Crippen LogP contribution >= 0.6 is 11.6 Å². The third-order valence-electron chi connectivity index (χ3n) is 4.31. The topological polar surface area (TPSA) is 58.6 Å². The SMILES string of the molecule is CC(=O)c1ccc(OCC(=O)NC2CCN(C(C)C)CC2)cc1Cl. The molecule has 24 heavy (non-hydrogen) atoms. The molecule has 6 heteroatoms. The van der Waals surface area contributed by atoms with Crippen LogP contribution in [0.1, 0.15) is 44.0 Å². The molecule has 1 N–H and O–H groups in total. The van der Waals surface area contributed by atoms with Gasteiger partial charge in [-0.3, -0.25) is 9.59 Å². The highest BCUT2D eigenvalue weighted by molar-refractivity contribution is 6.34. The molecule has 0 aromatic heterocycles. The highest BCUT2D eigenvalue weighted by atomic mass is 35.5. The summed E-state index contributed by atoms with van der Waals surface area (Å²) < 4.78 is 5.47. The number of ketones is 1. The minimum absolute atomic E-state index is 0.0554. The molecule has 1 aliphatic heterocycles. The first kappa shape index (κ1) is 18.7. The summed E-state index contributed by atoms with van der Waals surface area (Å²) >= 11 is 6.03. The van der Waals surface area contributed by atoms with E-state index in [-0.39, 0.29) is 24.3 Å². The summed E-state index contributed by atoms with van der Waals surface area (Å²) in [5, 5.41) is 3.35. The highest BCUT2D eigenvalue weighted by Gasteiger charge is 2.22. The number of hydrogen-bond acceptors (Lipinski definition) is 4. The molecule has 0 spiro atoms. The molecule has 0 radical (unpaired) electrons. The van der Waals surface area contributed by atoms with Gasteiger partial charge in [-0.25, -0.2) is 0 Å². The van der Waals surface area contributed by atoms with E-state index in [0.717, 1.165) is 25.9 Å². The van der Waals surface area contributed by atoms with Gasteiger partial charge in [0.25, 0.3) is 5.91 Å². The van der Waals surface area contributed by atoms with E-state index in [0.29, 0.717) is 22.4 Å². The van der Waals surface area contributed by atoms with E-state index < -0.39 is 0 Å². The third kappa shape index (κ3) is 5.21. The maximum absolute atomic E-state index is 12.0. The molecule has 0 saturated carbocycles. The standard InChI is InChI=1S/C18H25ClN2O3/c1-12(2)21-8-6-14(7-9-21)20-18(23)11-24-15-4-5-16(13(3)22)17(19)10-15/h4-5,10,12,14H,6-9,11H2,1-3H3,(H,20,23). The van der Waals surface area contributed by atoms with Gasteiger partial charge in [0.15, 0.2) is 12.4 Å². The lowest BCUT2D eigenvalue weighted by Gasteiger charge is -2.34. The maximum Gasteiger partial charge on any atom is 0.258 e. The van der Waals surface area contributed by atoms with E-state index in [1.165, 1.54) is 6.92 Å². The summed E-state index contributed by atoms with van der Waals surface area (Å²) in [6, 6.07) is 5.58. The molecule has 132 valence electrons. The van der Waals surface area contributed by atoms with Crippen LogP contribution in [0.2, 0.25) is 5.02 Å². The lowest BCUT2D eigenvalue weighted by atomic mass is 10.0. The number of nitrogens with one attached hydrogen (secondary N) is 1. The number of ether oxygens (including phenoxy) is 1. The number of rotatable bonds is 6. The lowest BCUT2D eigenvalue weighted by Crippen LogP contribution is -2.47. The molecule has 1 heterocycles.